The van der Waals surface area contributed by atoms with Crippen molar-refractivity contribution in [1.82, 2.24) is 29.9 Å². The minimum Gasteiger partial charge on any atom is -0.366 e. The maximum atomic E-state index is 4.70. The molecule has 0 amide bonds. The second-order valence-corrected chi connectivity index (χ2v) is 5.90. The number of nitrogens with zero attached hydrogens (tertiary/aromatic N) is 5. The Labute approximate surface area is 134 Å². The molecule has 4 heterocycles. The van der Waals surface area contributed by atoms with E-state index in [0.29, 0.717) is 6.04 Å². The Morgan fingerprint density at radius 3 is 2.91 bits per heavy atom. The van der Waals surface area contributed by atoms with Crippen LogP contribution in [0.2, 0.25) is 0 Å². The van der Waals surface area contributed by atoms with Crippen LogP contribution in [0.3, 0.4) is 0 Å². The van der Waals surface area contributed by atoms with Crippen LogP contribution in [0.5, 0.6) is 0 Å². The normalized spacial score (nSPS) is 17.7. The zero-order chi connectivity index (χ0) is 15.8. The molecule has 0 radical (unpaired) electrons. The van der Waals surface area contributed by atoms with Gasteiger partial charge in [-0.1, -0.05) is 0 Å². The fourth-order valence-electron chi connectivity index (χ4n) is 2.90. The fraction of sp³-hybridized carbons (Fsp3) is 0.375. The summed E-state index contributed by atoms with van der Waals surface area (Å²) in [4.78, 5) is 13.1. The Morgan fingerprint density at radius 2 is 2.17 bits per heavy atom. The number of aryl methyl sites for hydroxylation is 1. The van der Waals surface area contributed by atoms with Crippen LogP contribution in [-0.2, 0) is 0 Å². The summed E-state index contributed by atoms with van der Waals surface area (Å²) in [6, 6.07) is 2.37. The van der Waals surface area contributed by atoms with Crippen molar-refractivity contribution in [2.45, 2.75) is 26.3 Å². The highest BCUT2D eigenvalue weighted by Gasteiger charge is 2.19. The van der Waals surface area contributed by atoms with E-state index in [4.69, 9.17) is 5.10 Å². The molecular formula is C16H19N7. The molecule has 1 atom stereocenters. The average Bonchev–Trinajstić information content (AvgIpc) is 3.22. The van der Waals surface area contributed by atoms with Crippen LogP contribution in [-0.4, -0.2) is 43.7 Å². The topological polar surface area (TPSA) is 80.0 Å². The number of aromatic nitrogens is 5. The summed E-state index contributed by atoms with van der Waals surface area (Å²) in [6.07, 6.45) is 6.16. The van der Waals surface area contributed by atoms with Crippen molar-refractivity contribution in [3.8, 4) is 11.4 Å². The van der Waals surface area contributed by atoms with Crippen LogP contribution in [0.25, 0.3) is 17.0 Å². The number of anilines is 1. The van der Waals surface area contributed by atoms with Crippen LogP contribution < -0.4 is 10.6 Å². The van der Waals surface area contributed by atoms with Crippen LogP contribution in [0.1, 0.15) is 17.7 Å². The summed E-state index contributed by atoms with van der Waals surface area (Å²) in [7, 11) is 0. The standard InChI is InChI=1S/C16H19N7/c1-10-11(2)20-15-7-13(14-9-18-5-6-19-14)22-23(15)16(10)21-12-3-4-17-8-12/h5-7,9,12,17,21H,3-4,8H2,1-2H3. The number of hydrogen-bond donors (Lipinski definition) is 2. The molecule has 7 heteroatoms. The number of fused-ring (bicyclic) bond motifs is 1. The summed E-state index contributed by atoms with van der Waals surface area (Å²) in [5.74, 6) is 1.01. The molecule has 0 bridgehead atoms. The molecule has 2 N–H and O–H groups in total. The van der Waals surface area contributed by atoms with E-state index in [1.807, 2.05) is 17.5 Å². The van der Waals surface area contributed by atoms with E-state index in [0.717, 1.165) is 53.6 Å². The van der Waals surface area contributed by atoms with Gasteiger partial charge >= 0.3 is 0 Å². The third kappa shape index (κ3) is 2.53. The molecule has 4 rings (SSSR count). The van der Waals surface area contributed by atoms with Crippen molar-refractivity contribution in [3.05, 3.63) is 35.9 Å². The van der Waals surface area contributed by atoms with Gasteiger partial charge in [-0.2, -0.15) is 9.61 Å². The maximum Gasteiger partial charge on any atom is 0.158 e. The Kier molecular flexibility index (Phi) is 3.42. The zero-order valence-electron chi connectivity index (χ0n) is 13.2. The van der Waals surface area contributed by atoms with Gasteiger partial charge in [0.05, 0.1) is 6.20 Å². The minimum absolute atomic E-state index is 0.419. The van der Waals surface area contributed by atoms with Gasteiger partial charge in [0, 0.05) is 42.3 Å². The second-order valence-electron chi connectivity index (χ2n) is 5.90. The molecule has 0 aliphatic carbocycles. The van der Waals surface area contributed by atoms with Crippen molar-refractivity contribution in [2.75, 3.05) is 18.4 Å². The van der Waals surface area contributed by atoms with Crippen LogP contribution in [0.15, 0.2) is 24.7 Å². The van der Waals surface area contributed by atoms with Gasteiger partial charge in [-0.15, -0.1) is 0 Å². The molecule has 0 saturated carbocycles. The molecule has 0 aromatic carbocycles. The molecule has 1 fully saturated rings. The first-order valence-electron chi connectivity index (χ1n) is 7.83. The third-order valence-electron chi connectivity index (χ3n) is 4.31. The Hall–Kier alpha value is -2.54. The van der Waals surface area contributed by atoms with Gasteiger partial charge in [0.1, 0.15) is 17.2 Å². The fourth-order valence-corrected chi connectivity index (χ4v) is 2.90. The predicted octanol–water partition coefficient (Wildman–Crippen LogP) is 1.58. The monoisotopic (exact) mass is 309 g/mol. The first-order chi connectivity index (χ1) is 11.2. The van der Waals surface area contributed by atoms with Crippen molar-refractivity contribution >= 4 is 11.5 Å². The molecule has 118 valence electrons. The SMILES string of the molecule is Cc1nc2cc(-c3cnccn3)nn2c(NC2CCNC2)c1C. The molecule has 1 unspecified atom stereocenters. The van der Waals surface area contributed by atoms with Crippen LogP contribution in [0.4, 0.5) is 5.82 Å². The molecule has 1 saturated heterocycles. The average molecular weight is 309 g/mol. The molecule has 1 aliphatic rings. The van der Waals surface area contributed by atoms with Crippen LogP contribution >= 0.6 is 0 Å². The highest BCUT2D eigenvalue weighted by atomic mass is 15.3. The highest BCUT2D eigenvalue weighted by Crippen LogP contribution is 2.24. The van der Waals surface area contributed by atoms with E-state index in [2.05, 4.69) is 32.5 Å². The summed E-state index contributed by atoms with van der Waals surface area (Å²) in [5.41, 5.74) is 4.49. The van der Waals surface area contributed by atoms with Crippen molar-refractivity contribution in [2.24, 2.45) is 0 Å². The first-order valence-corrected chi connectivity index (χ1v) is 7.83. The smallest absolute Gasteiger partial charge is 0.158 e. The summed E-state index contributed by atoms with van der Waals surface area (Å²) in [6.45, 7) is 6.13. The van der Waals surface area contributed by atoms with Crippen molar-refractivity contribution in [1.29, 1.82) is 0 Å². The lowest BCUT2D eigenvalue weighted by Gasteiger charge is -2.17. The Morgan fingerprint density at radius 1 is 1.26 bits per heavy atom. The molecule has 3 aromatic rings. The summed E-state index contributed by atoms with van der Waals surface area (Å²) < 4.78 is 1.88. The maximum absolute atomic E-state index is 4.70. The number of nitrogens with one attached hydrogen (secondary N) is 2. The van der Waals surface area contributed by atoms with Gasteiger partial charge in [-0.05, 0) is 26.8 Å². The third-order valence-corrected chi connectivity index (χ3v) is 4.31. The van der Waals surface area contributed by atoms with Gasteiger partial charge in [-0.3, -0.25) is 9.97 Å². The van der Waals surface area contributed by atoms with E-state index in [-0.39, 0.29) is 0 Å². The van der Waals surface area contributed by atoms with Gasteiger partial charge < -0.3 is 10.6 Å². The quantitative estimate of drug-likeness (QED) is 0.764. The zero-order valence-corrected chi connectivity index (χ0v) is 13.2. The van der Waals surface area contributed by atoms with Gasteiger partial charge in [-0.25, -0.2) is 4.98 Å². The number of hydrogen-bond acceptors (Lipinski definition) is 6. The lowest BCUT2D eigenvalue weighted by molar-refractivity contribution is 0.770. The lowest BCUT2D eigenvalue weighted by atomic mass is 10.2. The molecule has 23 heavy (non-hydrogen) atoms. The lowest BCUT2D eigenvalue weighted by Crippen LogP contribution is -2.24. The molecule has 0 spiro atoms. The molecule has 7 nitrogen and oxygen atoms in total. The first kappa shape index (κ1) is 14.1. The Balaban J connectivity index is 1.83. The predicted molar refractivity (Wildman–Crippen MR) is 88.4 cm³/mol. The van der Waals surface area contributed by atoms with Crippen LogP contribution in [0, 0.1) is 13.8 Å². The number of rotatable bonds is 3. The van der Waals surface area contributed by atoms with Crippen molar-refractivity contribution < 1.29 is 0 Å². The molecule has 1 aliphatic heterocycles. The Bertz CT molecular complexity index is 835. The van der Waals surface area contributed by atoms with Gasteiger partial charge in [0.25, 0.3) is 0 Å². The van der Waals surface area contributed by atoms with E-state index >= 15 is 0 Å². The molecular weight excluding hydrogens is 290 g/mol. The van der Waals surface area contributed by atoms with E-state index < -0.39 is 0 Å². The molecule has 3 aromatic heterocycles. The minimum atomic E-state index is 0.419. The van der Waals surface area contributed by atoms with E-state index in [1.165, 1.54) is 0 Å². The van der Waals surface area contributed by atoms with Gasteiger partial charge in [0.15, 0.2) is 5.65 Å². The van der Waals surface area contributed by atoms with Gasteiger partial charge in [0.2, 0.25) is 0 Å². The largest absolute Gasteiger partial charge is 0.366 e. The summed E-state index contributed by atoms with van der Waals surface area (Å²) in [5, 5.41) is 11.7. The van der Waals surface area contributed by atoms with E-state index in [1.54, 1.807) is 18.6 Å². The van der Waals surface area contributed by atoms with Crippen molar-refractivity contribution in [3.63, 3.8) is 0 Å². The summed E-state index contributed by atoms with van der Waals surface area (Å²) >= 11 is 0. The van der Waals surface area contributed by atoms with E-state index in [9.17, 15) is 0 Å². The highest BCUT2D eigenvalue weighted by molar-refractivity contribution is 5.64. The second kappa shape index (κ2) is 5.58.